The minimum absolute atomic E-state index is 0.172. The molecule has 2 aliphatic rings. The van der Waals surface area contributed by atoms with Crippen LogP contribution in [0.25, 0.3) is 0 Å². The normalized spacial score (nSPS) is 25.4. The van der Waals surface area contributed by atoms with Crippen LogP contribution in [-0.2, 0) is 17.8 Å². The molecule has 2 fully saturated rings. The molecule has 0 aliphatic heterocycles. The Hall–Kier alpha value is -2.07. The maximum absolute atomic E-state index is 14.7. The summed E-state index contributed by atoms with van der Waals surface area (Å²) >= 11 is 0. The van der Waals surface area contributed by atoms with Gasteiger partial charge in [0.25, 0.3) is 0 Å². The molecule has 1 nitrogen and oxygen atoms in total. The minimum Gasteiger partial charge on any atom is -0.315 e. The molecule has 4 rings (SSSR count). The molecule has 2 aliphatic carbocycles. The smallest absolute Gasteiger partial charge is 0.315 e. The molecule has 4 heteroatoms. The SMILES string of the molecule is C=CC1CCC(c2ccc(COC(F)(F)Cc3ccc(C4CCC(CC)CC4)cc3)c(F)c2)CC1. The summed E-state index contributed by atoms with van der Waals surface area (Å²) in [6.45, 7) is 5.68. The number of benzene rings is 2. The molecule has 190 valence electrons. The van der Waals surface area contributed by atoms with Gasteiger partial charge in [-0.05, 0) is 97.8 Å². The molecule has 0 bridgehead atoms. The summed E-state index contributed by atoms with van der Waals surface area (Å²) in [7, 11) is 0. The number of alkyl halides is 2. The molecule has 2 saturated carbocycles. The van der Waals surface area contributed by atoms with E-state index in [2.05, 4.69) is 13.5 Å². The van der Waals surface area contributed by atoms with Gasteiger partial charge in [-0.25, -0.2) is 4.39 Å². The first-order chi connectivity index (χ1) is 16.9. The topological polar surface area (TPSA) is 9.23 Å². The molecule has 0 amide bonds. The largest absolute Gasteiger partial charge is 0.360 e. The van der Waals surface area contributed by atoms with Gasteiger partial charge in [0.15, 0.2) is 0 Å². The molecular weight excluding hydrogens is 445 g/mol. The predicted octanol–water partition coefficient (Wildman–Crippen LogP) is 9.32. The Morgan fingerprint density at radius 1 is 0.886 bits per heavy atom. The number of halogens is 3. The zero-order valence-electron chi connectivity index (χ0n) is 21.0. The van der Waals surface area contributed by atoms with Gasteiger partial charge in [0.1, 0.15) is 5.82 Å². The van der Waals surface area contributed by atoms with Crippen LogP contribution in [0.2, 0.25) is 0 Å². The maximum atomic E-state index is 14.7. The quantitative estimate of drug-likeness (QED) is 0.322. The van der Waals surface area contributed by atoms with Gasteiger partial charge in [-0.3, -0.25) is 0 Å². The van der Waals surface area contributed by atoms with E-state index < -0.39 is 25.0 Å². The van der Waals surface area contributed by atoms with Gasteiger partial charge < -0.3 is 4.74 Å². The van der Waals surface area contributed by atoms with E-state index in [1.54, 1.807) is 18.2 Å². The van der Waals surface area contributed by atoms with Crippen LogP contribution in [0.1, 0.15) is 98.8 Å². The van der Waals surface area contributed by atoms with Crippen molar-refractivity contribution < 1.29 is 17.9 Å². The monoisotopic (exact) mass is 484 g/mol. The highest BCUT2D eigenvalue weighted by Gasteiger charge is 2.31. The van der Waals surface area contributed by atoms with Crippen LogP contribution in [0.5, 0.6) is 0 Å². The van der Waals surface area contributed by atoms with Crippen LogP contribution in [0, 0.1) is 17.7 Å². The Morgan fingerprint density at radius 3 is 2.09 bits per heavy atom. The van der Waals surface area contributed by atoms with Crippen LogP contribution in [-0.4, -0.2) is 6.11 Å². The van der Waals surface area contributed by atoms with Crippen molar-refractivity contribution >= 4 is 0 Å². The van der Waals surface area contributed by atoms with Gasteiger partial charge in [0.2, 0.25) is 0 Å². The fourth-order valence-corrected chi connectivity index (χ4v) is 5.91. The lowest BCUT2D eigenvalue weighted by molar-refractivity contribution is -0.244. The molecule has 0 radical (unpaired) electrons. The third-order valence-corrected chi connectivity index (χ3v) is 8.38. The number of ether oxygens (including phenoxy) is 1. The van der Waals surface area contributed by atoms with Gasteiger partial charge in [-0.15, -0.1) is 6.58 Å². The van der Waals surface area contributed by atoms with Crippen LogP contribution < -0.4 is 0 Å². The van der Waals surface area contributed by atoms with Crippen LogP contribution in [0.3, 0.4) is 0 Å². The van der Waals surface area contributed by atoms with E-state index >= 15 is 0 Å². The number of hydrogen-bond donors (Lipinski definition) is 0. The molecule has 0 unspecified atom stereocenters. The Balaban J connectivity index is 1.29. The third-order valence-electron chi connectivity index (χ3n) is 8.38. The van der Waals surface area contributed by atoms with Gasteiger partial charge >= 0.3 is 6.11 Å². The lowest BCUT2D eigenvalue weighted by Gasteiger charge is -2.28. The molecule has 0 saturated heterocycles. The van der Waals surface area contributed by atoms with Crippen molar-refractivity contribution in [3.05, 3.63) is 83.2 Å². The standard InChI is InChI=1S/C31H39F3O/c1-3-22-5-11-25(12-6-22)26-15-9-24(10-16-26)20-31(33,34)35-21-29-18-17-28(19-30(29)32)27-13-7-23(4-2)8-14-27/h4,9-10,15-19,22-23,25,27H,2-3,5-8,11-14,20-21H2,1H3. The molecule has 2 aromatic carbocycles. The van der Waals surface area contributed by atoms with Gasteiger partial charge in [-0.1, -0.05) is 55.8 Å². The van der Waals surface area contributed by atoms with Crippen molar-refractivity contribution in [2.45, 2.75) is 95.7 Å². The molecule has 2 aromatic rings. The molecular formula is C31H39F3O. The zero-order valence-corrected chi connectivity index (χ0v) is 21.0. The molecule has 0 N–H and O–H groups in total. The molecule has 35 heavy (non-hydrogen) atoms. The van der Waals surface area contributed by atoms with Gasteiger partial charge in [0.05, 0.1) is 13.0 Å². The Morgan fingerprint density at radius 2 is 1.49 bits per heavy atom. The summed E-state index contributed by atoms with van der Waals surface area (Å²) in [5.41, 5.74) is 2.90. The van der Waals surface area contributed by atoms with Crippen molar-refractivity contribution in [1.29, 1.82) is 0 Å². The Bertz CT molecular complexity index is 952. The number of allylic oxidation sites excluding steroid dienone is 1. The van der Waals surface area contributed by atoms with E-state index in [4.69, 9.17) is 4.74 Å². The van der Waals surface area contributed by atoms with Crippen molar-refractivity contribution in [3.8, 4) is 0 Å². The van der Waals surface area contributed by atoms with Gasteiger partial charge in [0, 0.05) is 5.56 Å². The summed E-state index contributed by atoms with van der Waals surface area (Å²) in [4.78, 5) is 0. The first kappa shape index (κ1) is 26.0. The lowest BCUT2D eigenvalue weighted by atomic mass is 9.78. The first-order valence-electron chi connectivity index (χ1n) is 13.4. The molecule has 0 atom stereocenters. The Labute approximate surface area is 208 Å². The highest BCUT2D eigenvalue weighted by atomic mass is 19.3. The van der Waals surface area contributed by atoms with E-state index in [0.29, 0.717) is 23.3 Å². The molecule has 0 spiro atoms. The summed E-state index contributed by atoms with van der Waals surface area (Å²) in [5, 5.41) is 0. The predicted molar refractivity (Wildman–Crippen MR) is 136 cm³/mol. The van der Waals surface area contributed by atoms with Crippen LogP contribution >= 0.6 is 0 Å². The third kappa shape index (κ3) is 7.00. The van der Waals surface area contributed by atoms with E-state index in [0.717, 1.165) is 37.2 Å². The molecule has 0 heterocycles. The highest BCUT2D eigenvalue weighted by Crippen LogP contribution is 2.38. The van der Waals surface area contributed by atoms with Crippen molar-refractivity contribution in [2.24, 2.45) is 11.8 Å². The van der Waals surface area contributed by atoms with Crippen molar-refractivity contribution in [1.82, 2.24) is 0 Å². The zero-order chi connectivity index (χ0) is 24.8. The fourth-order valence-electron chi connectivity index (χ4n) is 5.91. The lowest BCUT2D eigenvalue weighted by Crippen LogP contribution is -2.24. The fraction of sp³-hybridized carbons (Fsp3) is 0.548. The summed E-state index contributed by atoms with van der Waals surface area (Å²) in [6.07, 6.45) is 8.38. The average Bonchev–Trinajstić information content (AvgIpc) is 2.88. The minimum atomic E-state index is -3.35. The first-order valence-corrected chi connectivity index (χ1v) is 13.4. The average molecular weight is 485 g/mol. The maximum Gasteiger partial charge on any atom is 0.360 e. The molecule has 0 aromatic heterocycles. The van der Waals surface area contributed by atoms with E-state index in [1.165, 1.54) is 43.7 Å². The van der Waals surface area contributed by atoms with Crippen LogP contribution in [0.4, 0.5) is 13.2 Å². The summed E-state index contributed by atoms with van der Waals surface area (Å²) in [6, 6.07) is 12.5. The second kappa shape index (κ2) is 11.8. The number of hydrogen-bond acceptors (Lipinski definition) is 1. The van der Waals surface area contributed by atoms with E-state index in [1.807, 2.05) is 24.3 Å². The van der Waals surface area contributed by atoms with E-state index in [9.17, 15) is 13.2 Å². The Kier molecular flexibility index (Phi) is 8.75. The number of rotatable bonds is 9. The van der Waals surface area contributed by atoms with Gasteiger partial charge in [-0.2, -0.15) is 8.78 Å². The van der Waals surface area contributed by atoms with Crippen LogP contribution in [0.15, 0.2) is 55.1 Å². The van der Waals surface area contributed by atoms with Crippen molar-refractivity contribution in [3.63, 3.8) is 0 Å². The second-order valence-corrected chi connectivity index (χ2v) is 10.7. The summed E-state index contributed by atoms with van der Waals surface area (Å²) in [5.74, 6) is 1.77. The van der Waals surface area contributed by atoms with Crippen molar-refractivity contribution in [2.75, 3.05) is 0 Å². The highest BCUT2D eigenvalue weighted by molar-refractivity contribution is 5.28. The summed E-state index contributed by atoms with van der Waals surface area (Å²) < 4.78 is 48.7. The second-order valence-electron chi connectivity index (χ2n) is 10.7. The van der Waals surface area contributed by atoms with E-state index in [-0.39, 0.29) is 5.56 Å².